The van der Waals surface area contributed by atoms with Gasteiger partial charge in [-0.2, -0.15) is 0 Å². The SMILES string of the molecule is COc1ccc(N)cc1C(=O)Cc1ccc(F)cc1. The van der Waals surface area contributed by atoms with Gasteiger partial charge in [0.1, 0.15) is 11.6 Å². The molecule has 0 bridgehead atoms. The Morgan fingerprint density at radius 3 is 2.53 bits per heavy atom. The maximum atomic E-state index is 12.8. The minimum atomic E-state index is -0.322. The van der Waals surface area contributed by atoms with E-state index in [1.807, 2.05) is 0 Å². The van der Waals surface area contributed by atoms with Crippen LogP contribution in [-0.2, 0) is 6.42 Å². The first kappa shape index (κ1) is 13.1. The lowest BCUT2D eigenvalue weighted by atomic mass is 10.0. The van der Waals surface area contributed by atoms with Gasteiger partial charge in [0, 0.05) is 12.1 Å². The molecule has 0 fully saturated rings. The molecule has 0 amide bonds. The van der Waals surface area contributed by atoms with Gasteiger partial charge >= 0.3 is 0 Å². The molecule has 2 N–H and O–H groups in total. The van der Waals surface area contributed by atoms with Crippen LogP contribution in [0.25, 0.3) is 0 Å². The Balaban J connectivity index is 2.24. The Morgan fingerprint density at radius 2 is 1.89 bits per heavy atom. The van der Waals surface area contributed by atoms with E-state index in [0.29, 0.717) is 17.0 Å². The second kappa shape index (κ2) is 5.52. The van der Waals surface area contributed by atoms with Crippen molar-refractivity contribution in [1.82, 2.24) is 0 Å². The average Bonchev–Trinajstić information content (AvgIpc) is 2.41. The quantitative estimate of drug-likeness (QED) is 0.678. The molecular weight excluding hydrogens is 245 g/mol. The molecule has 0 saturated heterocycles. The van der Waals surface area contributed by atoms with Gasteiger partial charge in [0.2, 0.25) is 0 Å². The summed E-state index contributed by atoms with van der Waals surface area (Å²) in [5, 5.41) is 0. The van der Waals surface area contributed by atoms with Gasteiger partial charge in [-0.3, -0.25) is 4.79 Å². The molecule has 3 nitrogen and oxygen atoms in total. The number of rotatable bonds is 4. The van der Waals surface area contributed by atoms with Crippen LogP contribution in [0.5, 0.6) is 5.75 Å². The summed E-state index contributed by atoms with van der Waals surface area (Å²) < 4.78 is 17.9. The number of ether oxygens (including phenoxy) is 1. The fraction of sp³-hybridized carbons (Fsp3) is 0.133. The smallest absolute Gasteiger partial charge is 0.171 e. The molecule has 2 rings (SSSR count). The molecule has 0 radical (unpaired) electrons. The molecule has 2 aromatic rings. The number of Topliss-reactive ketones (excluding diaryl/α,β-unsaturated/α-hetero) is 1. The van der Waals surface area contributed by atoms with Crippen molar-refractivity contribution in [3.8, 4) is 5.75 Å². The Bertz CT molecular complexity index is 594. The maximum Gasteiger partial charge on any atom is 0.171 e. The Labute approximate surface area is 110 Å². The molecule has 0 heterocycles. The summed E-state index contributed by atoms with van der Waals surface area (Å²) in [5.41, 5.74) is 7.36. The molecule has 0 spiro atoms. The number of carbonyl (C=O) groups is 1. The number of anilines is 1. The number of hydrogen-bond donors (Lipinski definition) is 1. The van der Waals surface area contributed by atoms with Crippen LogP contribution in [0.1, 0.15) is 15.9 Å². The lowest BCUT2D eigenvalue weighted by molar-refractivity contribution is 0.0990. The Kier molecular flexibility index (Phi) is 3.80. The molecule has 19 heavy (non-hydrogen) atoms. The molecule has 98 valence electrons. The minimum absolute atomic E-state index is 0.115. The average molecular weight is 259 g/mol. The number of nitrogen functional groups attached to an aromatic ring is 1. The number of hydrogen-bond acceptors (Lipinski definition) is 3. The van der Waals surface area contributed by atoms with Crippen molar-refractivity contribution in [2.75, 3.05) is 12.8 Å². The summed E-state index contributed by atoms with van der Waals surface area (Å²) >= 11 is 0. The summed E-state index contributed by atoms with van der Waals surface area (Å²) in [7, 11) is 1.50. The number of benzene rings is 2. The highest BCUT2D eigenvalue weighted by molar-refractivity contribution is 6.00. The lowest BCUT2D eigenvalue weighted by Crippen LogP contribution is -2.06. The fourth-order valence-corrected chi connectivity index (χ4v) is 1.83. The summed E-state index contributed by atoms with van der Waals surface area (Å²) in [6.45, 7) is 0. The topological polar surface area (TPSA) is 52.3 Å². The number of nitrogens with two attached hydrogens (primary N) is 1. The van der Waals surface area contributed by atoms with Crippen molar-refractivity contribution in [3.05, 3.63) is 59.4 Å². The number of methoxy groups -OCH3 is 1. The largest absolute Gasteiger partial charge is 0.496 e. The summed E-state index contributed by atoms with van der Waals surface area (Å²) in [6.07, 6.45) is 0.181. The van der Waals surface area contributed by atoms with Crippen molar-refractivity contribution in [3.63, 3.8) is 0 Å². The van der Waals surface area contributed by atoms with Crippen LogP contribution in [0, 0.1) is 5.82 Å². The highest BCUT2D eigenvalue weighted by Crippen LogP contribution is 2.22. The van der Waals surface area contributed by atoms with E-state index in [1.165, 1.54) is 19.2 Å². The van der Waals surface area contributed by atoms with Crippen molar-refractivity contribution >= 4 is 11.5 Å². The number of ketones is 1. The third kappa shape index (κ3) is 3.10. The van der Waals surface area contributed by atoms with Crippen LogP contribution in [0.3, 0.4) is 0 Å². The van der Waals surface area contributed by atoms with E-state index < -0.39 is 0 Å². The van der Waals surface area contributed by atoms with Gasteiger partial charge in [0.25, 0.3) is 0 Å². The summed E-state index contributed by atoms with van der Waals surface area (Å²) in [6, 6.07) is 10.8. The molecule has 0 aliphatic carbocycles. The zero-order valence-corrected chi connectivity index (χ0v) is 10.5. The standard InChI is InChI=1S/C15H14FNO2/c1-19-15-7-6-12(17)9-13(15)14(18)8-10-2-4-11(16)5-3-10/h2-7,9H,8,17H2,1H3. The second-order valence-electron chi connectivity index (χ2n) is 4.19. The van der Waals surface area contributed by atoms with Crippen LogP contribution in [0.2, 0.25) is 0 Å². The van der Waals surface area contributed by atoms with E-state index in [4.69, 9.17) is 10.5 Å². The zero-order chi connectivity index (χ0) is 13.8. The van der Waals surface area contributed by atoms with E-state index in [9.17, 15) is 9.18 Å². The molecule has 0 aromatic heterocycles. The van der Waals surface area contributed by atoms with Crippen molar-refractivity contribution in [1.29, 1.82) is 0 Å². The van der Waals surface area contributed by atoms with Crippen molar-refractivity contribution in [2.45, 2.75) is 6.42 Å². The van der Waals surface area contributed by atoms with Gasteiger partial charge in [0.05, 0.1) is 12.7 Å². The van der Waals surface area contributed by atoms with Gasteiger partial charge in [-0.15, -0.1) is 0 Å². The molecule has 0 atom stereocenters. The molecule has 0 saturated carbocycles. The molecule has 0 aliphatic heterocycles. The van der Waals surface area contributed by atoms with E-state index in [1.54, 1.807) is 30.3 Å². The van der Waals surface area contributed by atoms with E-state index in [0.717, 1.165) is 5.56 Å². The van der Waals surface area contributed by atoms with Crippen molar-refractivity contribution < 1.29 is 13.9 Å². The van der Waals surface area contributed by atoms with Crippen LogP contribution in [0.4, 0.5) is 10.1 Å². The zero-order valence-electron chi connectivity index (χ0n) is 10.5. The minimum Gasteiger partial charge on any atom is -0.496 e. The first-order valence-corrected chi connectivity index (χ1v) is 5.81. The first-order valence-electron chi connectivity index (χ1n) is 5.81. The molecule has 2 aromatic carbocycles. The molecule has 0 unspecified atom stereocenters. The van der Waals surface area contributed by atoms with E-state index >= 15 is 0 Å². The summed E-state index contributed by atoms with van der Waals surface area (Å²) in [5.74, 6) is 0.0507. The van der Waals surface area contributed by atoms with Gasteiger partial charge in [-0.25, -0.2) is 4.39 Å². The van der Waals surface area contributed by atoms with Gasteiger partial charge in [0.15, 0.2) is 5.78 Å². The normalized spacial score (nSPS) is 10.2. The number of halogens is 1. The highest BCUT2D eigenvalue weighted by atomic mass is 19.1. The second-order valence-corrected chi connectivity index (χ2v) is 4.19. The Morgan fingerprint density at radius 1 is 1.21 bits per heavy atom. The monoisotopic (exact) mass is 259 g/mol. The van der Waals surface area contributed by atoms with Gasteiger partial charge < -0.3 is 10.5 Å². The Hall–Kier alpha value is -2.36. The van der Waals surface area contributed by atoms with Crippen LogP contribution >= 0.6 is 0 Å². The highest BCUT2D eigenvalue weighted by Gasteiger charge is 2.13. The maximum absolute atomic E-state index is 12.8. The number of carbonyl (C=O) groups excluding carboxylic acids is 1. The van der Waals surface area contributed by atoms with E-state index in [-0.39, 0.29) is 18.0 Å². The van der Waals surface area contributed by atoms with Crippen LogP contribution < -0.4 is 10.5 Å². The lowest BCUT2D eigenvalue weighted by Gasteiger charge is -2.08. The molecule has 4 heteroatoms. The van der Waals surface area contributed by atoms with Crippen molar-refractivity contribution in [2.24, 2.45) is 0 Å². The predicted molar refractivity (Wildman–Crippen MR) is 71.8 cm³/mol. The first-order chi connectivity index (χ1) is 9.10. The molecular formula is C15H14FNO2. The van der Waals surface area contributed by atoms with Crippen LogP contribution in [-0.4, -0.2) is 12.9 Å². The predicted octanol–water partition coefficient (Wildman–Crippen LogP) is 2.84. The van der Waals surface area contributed by atoms with E-state index in [2.05, 4.69) is 0 Å². The third-order valence-electron chi connectivity index (χ3n) is 2.80. The summed E-state index contributed by atoms with van der Waals surface area (Å²) in [4.78, 5) is 12.2. The van der Waals surface area contributed by atoms with Gasteiger partial charge in [-0.1, -0.05) is 12.1 Å². The van der Waals surface area contributed by atoms with Gasteiger partial charge in [-0.05, 0) is 35.9 Å². The molecule has 0 aliphatic rings. The third-order valence-corrected chi connectivity index (χ3v) is 2.80. The van der Waals surface area contributed by atoms with Crippen LogP contribution in [0.15, 0.2) is 42.5 Å². The fourth-order valence-electron chi connectivity index (χ4n) is 1.83.